The molecule has 0 spiro atoms. The third-order valence-corrected chi connectivity index (χ3v) is 5.50. The van der Waals surface area contributed by atoms with Crippen molar-refractivity contribution in [2.75, 3.05) is 5.32 Å². The summed E-state index contributed by atoms with van der Waals surface area (Å²) in [7, 11) is 0. The Kier molecular flexibility index (Phi) is 5.17. The summed E-state index contributed by atoms with van der Waals surface area (Å²) < 4.78 is 68.9. The van der Waals surface area contributed by atoms with Crippen molar-refractivity contribution in [3.63, 3.8) is 0 Å². The molecule has 152 valence electrons. The second-order valence-corrected chi connectivity index (χ2v) is 7.54. The molecule has 0 saturated heterocycles. The molecule has 0 aliphatic rings. The minimum absolute atomic E-state index is 0.0346. The van der Waals surface area contributed by atoms with E-state index in [0.717, 1.165) is 4.70 Å². The summed E-state index contributed by atoms with van der Waals surface area (Å²) in [4.78, 5) is 16.8. The lowest BCUT2D eigenvalue weighted by atomic mass is 10.1. The van der Waals surface area contributed by atoms with Crippen LogP contribution in [0.1, 0.15) is 10.4 Å². The zero-order chi connectivity index (χ0) is 21.6. The van der Waals surface area contributed by atoms with E-state index in [4.69, 9.17) is 11.6 Å². The molecule has 1 heterocycles. The minimum atomic E-state index is -2.34. The summed E-state index contributed by atoms with van der Waals surface area (Å²) in [5, 5.41) is 2.91. The molecule has 0 atom stereocenters. The molecule has 0 radical (unpaired) electrons. The summed E-state index contributed by atoms with van der Waals surface area (Å²) in [6.07, 6.45) is 0. The Morgan fingerprint density at radius 1 is 0.900 bits per heavy atom. The molecule has 10 heteroatoms. The normalized spacial score (nSPS) is 11.1. The quantitative estimate of drug-likeness (QED) is 0.216. The van der Waals surface area contributed by atoms with Crippen LogP contribution in [0.25, 0.3) is 20.8 Å². The molecule has 4 rings (SSSR count). The maximum absolute atomic E-state index is 14.0. The van der Waals surface area contributed by atoms with E-state index in [0.29, 0.717) is 21.1 Å². The minimum Gasteiger partial charge on any atom is -0.321 e. The summed E-state index contributed by atoms with van der Waals surface area (Å²) in [6.45, 7) is 0. The number of amides is 1. The number of halogens is 6. The molecule has 0 bridgehead atoms. The lowest BCUT2D eigenvalue weighted by Gasteiger charge is -2.12. The monoisotopic (exact) mass is 454 g/mol. The molecular formula is C20H8ClF5N2OS. The van der Waals surface area contributed by atoms with Crippen LogP contribution in [-0.4, -0.2) is 10.9 Å². The number of nitrogens with zero attached hydrogens (tertiary/aromatic N) is 1. The van der Waals surface area contributed by atoms with Crippen molar-refractivity contribution in [3.8, 4) is 10.6 Å². The van der Waals surface area contributed by atoms with E-state index < -0.39 is 40.6 Å². The first-order valence-electron chi connectivity index (χ1n) is 8.26. The fraction of sp³-hybridized carbons (Fsp3) is 0. The predicted molar refractivity (Wildman–Crippen MR) is 104 cm³/mol. The number of nitrogens with one attached hydrogen (secondary N) is 1. The van der Waals surface area contributed by atoms with Gasteiger partial charge in [0.05, 0.1) is 15.9 Å². The van der Waals surface area contributed by atoms with Crippen molar-refractivity contribution in [1.82, 2.24) is 4.98 Å². The molecule has 1 amide bonds. The maximum atomic E-state index is 14.0. The van der Waals surface area contributed by atoms with E-state index >= 15 is 0 Å². The number of aromatic nitrogens is 1. The summed E-state index contributed by atoms with van der Waals surface area (Å²) in [6, 6.07) is 11.4. The van der Waals surface area contributed by atoms with Crippen LogP contribution in [0.2, 0.25) is 5.02 Å². The molecule has 1 aromatic heterocycles. The van der Waals surface area contributed by atoms with Gasteiger partial charge in [0.15, 0.2) is 23.3 Å². The van der Waals surface area contributed by atoms with Gasteiger partial charge in [-0.2, -0.15) is 0 Å². The van der Waals surface area contributed by atoms with Gasteiger partial charge in [-0.1, -0.05) is 23.7 Å². The van der Waals surface area contributed by atoms with E-state index in [1.807, 2.05) is 12.1 Å². The van der Waals surface area contributed by atoms with E-state index in [9.17, 15) is 26.7 Å². The lowest BCUT2D eigenvalue weighted by molar-refractivity contribution is 0.101. The lowest BCUT2D eigenvalue weighted by Crippen LogP contribution is -2.19. The average molecular weight is 455 g/mol. The molecule has 1 N–H and O–H groups in total. The highest BCUT2D eigenvalue weighted by molar-refractivity contribution is 7.21. The number of para-hydroxylation sites is 1. The fourth-order valence-corrected chi connectivity index (χ4v) is 3.95. The van der Waals surface area contributed by atoms with Gasteiger partial charge in [-0.25, -0.2) is 26.9 Å². The zero-order valence-electron chi connectivity index (χ0n) is 14.6. The highest BCUT2D eigenvalue weighted by Crippen LogP contribution is 2.36. The number of thiazole rings is 1. The molecule has 0 unspecified atom stereocenters. The van der Waals surface area contributed by atoms with E-state index in [-0.39, 0.29) is 5.69 Å². The van der Waals surface area contributed by atoms with Gasteiger partial charge in [-0.05, 0) is 30.3 Å². The molecule has 0 aliphatic heterocycles. The van der Waals surface area contributed by atoms with Crippen molar-refractivity contribution in [3.05, 3.63) is 82.1 Å². The molecule has 30 heavy (non-hydrogen) atoms. The topological polar surface area (TPSA) is 42.0 Å². The summed E-state index contributed by atoms with van der Waals surface area (Å²) >= 11 is 7.30. The number of hydrogen-bond acceptors (Lipinski definition) is 3. The van der Waals surface area contributed by atoms with Crippen LogP contribution in [0.4, 0.5) is 27.6 Å². The van der Waals surface area contributed by atoms with Crippen LogP contribution < -0.4 is 5.32 Å². The first kappa shape index (κ1) is 20.2. The Morgan fingerprint density at radius 2 is 1.53 bits per heavy atom. The van der Waals surface area contributed by atoms with Crippen LogP contribution in [0.5, 0.6) is 0 Å². The molecule has 0 aliphatic carbocycles. The van der Waals surface area contributed by atoms with Gasteiger partial charge in [0.25, 0.3) is 5.91 Å². The number of carbonyl (C=O) groups is 1. The van der Waals surface area contributed by atoms with Gasteiger partial charge in [-0.15, -0.1) is 11.3 Å². The highest BCUT2D eigenvalue weighted by Gasteiger charge is 2.30. The van der Waals surface area contributed by atoms with Crippen molar-refractivity contribution in [1.29, 1.82) is 0 Å². The van der Waals surface area contributed by atoms with E-state index in [1.54, 1.807) is 12.1 Å². The van der Waals surface area contributed by atoms with Crippen LogP contribution in [0.15, 0.2) is 42.5 Å². The second-order valence-electron chi connectivity index (χ2n) is 6.08. The fourth-order valence-electron chi connectivity index (χ4n) is 2.78. The summed E-state index contributed by atoms with van der Waals surface area (Å²) in [5.41, 5.74) is -0.556. The summed E-state index contributed by atoms with van der Waals surface area (Å²) in [5.74, 6) is -12.7. The largest absolute Gasteiger partial charge is 0.321 e. The third kappa shape index (κ3) is 3.40. The van der Waals surface area contributed by atoms with Crippen LogP contribution in [0.3, 0.4) is 0 Å². The molecule has 3 aromatic carbocycles. The molecule has 0 fully saturated rings. The number of carbonyl (C=O) groups excluding carboxylic acids is 1. The van der Waals surface area contributed by atoms with Crippen molar-refractivity contribution in [2.24, 2.45) is 0 Å². The molecule has 4 aromatic rings. The number of benzene rings is 3. The maximum Gasteiger partial charge on any atom is 0.261 e. The Morgan fingerprint density at radius 3 is 2.20 bits per heavy atom. The zero-order valence-corrected chi connectivity index (χ0v) is 16.1. The molecule has 0 saturated carbocycles. The van der Waals surface area contributed by atoms with Gasteiger partial charge >= 0.3 is 0 Å². The standard InChI is InChI=1S/C20H8ClF5N2OS/c21-8-5-6-10(9(7-8)20-28-11-3-1-2-4-12(11)30-20)27-19(29)13-14(22)16(24)18(26)17(25)15(13)23/h1-7H,(H,27,29). The smallest absolute Gasteiger partial charge is 0.261 e. The Bertz CT molecular complexity index is 1260. The Labute approximate surface area is 174 Å². The Balaban J connectivity index is 1.79. The van der Waals surface area contributed by atoms with Crippen molar-refractivity contribution >= 4 is 44.7 Å². The van der Waals surface area contributed by atoms with Gasteiger partial charge in [0.2, 0.25) is 5.82 Å². The number of fused-ring (bicyclic) bond motifs is 1. The van der Waals surface area contributed by atoms with Gasteiger partial charge in [0, 0.05) is 10.6 Å². The number of anilines is 1. The molecule has 3 nitrogen and oxygen atoms in total. The van der Waals surface area contributed by atoms with Crippen LogP contribution >= 0.6 is 22.9 Å². The van der Waals surface area contributed by atoms with Crippen LogP contribution in [0, 0.1) is 29.1 Å². The number of hydrogen-bond donors (Lipinski definition) is 1. The third-order valence-electron chi connectivity index (χ3n) is 4.19. The van der Waals surface area contributed by atoms with Gasteiger partial charge in [0.1, 0.15) is 10.6 Å². The highest BCUT2D eigenvalue weighted by atomic mass is 35.5. The van der Waals surface area contributed by atoms with E-state index in [2.05, 4.69) is 10.3 Å². The predicted octanol–water partition coefficient (Wildman–Crippen LogP) is 6.56. The number of rotatable bonds is 3. The average Bonchev–Trinajstić information content (AvgIpc) is 3.16. The van der Waals surface area contributed by atoms with Gasteiger partial charge < -0.3 is 5.32 Å². The van der Waals surface area contributed by atoms with E-state index in [1.165, 1.54) is 29.5 Å². The van der Waals surface area contributed by atoms with Crippen molar-refractivity contribution in [2.45, 2.75) is 0 Å². The first-order valence-corrected chi connectivity index (χ1v) is 9.45. The van der Waals surface area contributed by atoms with Crippen molar-refractivity contribution < 1.29 is 26.7 Å². The SMILES string of the molecule is O=C(Nc1ccc(Cl)cc1-c1nc2ccccc2s1)c1c(F)c(F)c(F)c(F)c1F. The van der Waals surface area contributed by atoms with Gasteiger partial charge in [-0.3, -0.25) is 4.79 Å². The molecular weight excluding hydrogens is 447 g/mol. The first-order chi connectivity index (χ1) is 14.3. The second kappa shape index (κ2) is 7.66. The van der Waals surface area contributed by atoms with Crippen LogP contribution in [-0.2, 0) is 0 Å². The Hall–Kier alpha value is -3.04.